The zero-order valence-electron chi connectivity index (χ0n) is 16.6. The van der Waals surface area contributed by atoms with Gasteiger partial charge in [-0.2, -0.15) is 13.2 Å². The summed E-state index contributed by atoms with van der Waals surface area (Å²) in [6.45, 7) is 1.13. The van der Waals surface area contributed by atoms with Crippen LogP contribution in [0.4, 0.5) is 13.2 Å². The van der Waals surface area contributed by atoms with Crippen LogP contribution in [-0.2, 0) is 15.7 Å². The lowest BCUT2D eigenvalue weighted by atomic mass is 9.67. The van der Waals surface area contributed by atoms with Gasteiger partial charge in [0.15, 0.2) is 0 Å². The maximum absolute atomic E-state index is 13.4. The minimum absolute atomic E-state index is 0.0191. The first kappa shape index (κ1) is 21.6. The molecule has 0 bridgehead atoms. The Morgan fingerprint density at radius 3 is 2.55 bits per heavy atom. The van der Waals surface area contributed by atoms with Crippen molar-refractivity contribution in [2.75, 3.05) is 33.4 Å². The summed E-state index contributed by atoms with van der Waals surface area (Å²) in [6, 6.07) is 4.94. The summed E-state index contributed by atoms with van der Waals surface area (Å²) < 4.78 is 45.0. The molecule has 1 aliphatic carbocycles. The summed E-state index contributed by atoms with van der Waals surface area (Å²) in [5.41, 5.74) is -1.36. The van der Waals surface area contributed by atoms with Crippen molar-refractivity contribution in [2.45, 2.75) is 38.3 Å². The topological polar surface area (TPSA) is 58.6 Å². The van der Waals surface area contributed by atoms with E-state index in [0.29, 0.717) is 19.6 Å². The maximum atomic E-state index is 13.4. The summed E-state index contributed by atoms with van der Waals surface area (Å²) in [4.78, 5) is 26.4. The smallest absolute Gasteiger partial charge is 0.375 e. The summed E-state index contributed by atoms with van der Waals surface area (Å²) in [5.74, 6) is -0.801. The molecule has 1 N–H and O–H groups in total. The van der Waals surface area contributed by atoms with Gasteiger partial charge in [0.2, 0.25) is 5.91 Å². The molecular formula is C21H27F3N2O3. The second-order valence-electron chi connectivity index (χ2n) is 8.09. The second-order valence-corrected chi connectivity index (χ2v) is 8.09. The van der Waals surface area contributed by atoms with E-state index in [2.05, 4.69) is 5.32 Å². The highest BCUT2D eigenvalue weighted by Crippen LogP contribution is 2.48. The fourth-order valence-corrected chi connectivity index (χ4v) is 4.80. The van der Waals surface area contributed by atoms with Gasteiger partial charge >= 0.3 is 6.18 Å². The summed E-state index contributed by atoms with van der Waals surface area (Å²) >= 11 is 0. The molecule has 3 rings (SSSR count). The number of nitrogens with one attached hydrogen (secondary N) is 1. The molecule has 160 valence electrons. The van der Waals surface area contributed by atoms with Crippen LogP contribution >= 0.6 is 0 Å². The van der Waals surface area contributed by atoms with Crippen LogP contribution in [0.2, 0.25) is 0 Å². The first-order valence-electron chi connectivity index (χ1n) is 9.98. The Kier molecular flexibility index (Phi) is 6.51. The minimum atomic E-state index is -4.58. The first-order valence-corrected chi connectivity index (χ1v) is 9.98. The Morgan fingerprint density at radius 1 is 1.21 bits per heavy atom. The van der Waals surface area contributed by atoms with Crippen molar-refractivity contribution in [2.24, 2.45) is 11.3 Å². The molecule has 1 heterocycles. The number of carbonyl (C=O) groups is 2. The third-order valence-corrected chi connectivity index (χ3v) is 6.23. The second kappa shape index (κ2) is 8.73. The molecule has 1 aromatic carbocycles. The standard InChI is InChI=1S/C21H27F3N2O3/c1-29-13-18(27)25-11-15-12-26(14-20(15)9-5-2-6-10-20)19(28)16-7-3-4-8-17(16)21(22,23)24/h3-4,7-8,15H,2,5-6,9-14H2,1H3,(H,25,27). The number of carbonyl (C=O) groups excluding carboxylic acids is 2. The number of ether oxygens (including phenoxy) is 1. The van der Waals surface area contributed by atoms with Crippen molar-refractivity contribution < 1.29 is 27.5 Å². The third kappa shape index (κ3) is 4.74. The van der Waals surface area contributed by atoms with Crippen molar-refractivity contribution in [1.29, 1.82) is 0 Å². The van der Waals surface area contributed by atoms with Crippen LogP contribution in [0, 0.1) is 11.3 Å². The van der Waals surface area contributed by atoms with Crippen LogP contribution in [0.1, 0.15) is 48.0 Å². The lowest BCUT2D eigenvalue weighted by Gasteiger charge is -2.38. The first-order chi connectivity index (χ1) is 13.8. The van der Waals surface area contributed by atoms with Gasteiger partial charge in [-0.25, -0.2) is 0 Å². The van der Waals surface area contributed by atoms with E-state index in [4.69, 9.17) is 4.74 Å². The van der Waals surface area contributed by atoms with Crippen molar-refractivity contribution in [3.05, 3.63) is 35.4 Å². The fourth-order valence-electron chi connectivity index (χ4n) is 4.80. The Labute approximate surface area is 168 Å². The molecule has 5 nitrogen and oxygen atoms in total. The lowest BCUT2D eigenvalue weighted by Crippen LogP contribution is -2.40. The van der Waals surface area contributed by atoms with E-state index in [1.54, 1.807) is 4.90 Å². The zero-order valence-corrected chi connectivity index (χ0v) is 16.6. The van der Waals surface area contributed by atoms with Crippen molar-refractivity contribution in [3.63, 3.8) is 0 Å². The summed E-state index contributed by atoms with van der Waals surface area (Å²) in [5, 5.41) is 2.85. The monoisotopic (exact) mass is 412 g/mol. The number of halogens is 3. The van der Waals surface area contributed by atoms with Gasteiger partial charge in [0.05, 0.1) is 11.1 Å². The number of nitrogens with zero attached hydrogens (tertiary/aromatic N) is 1. The molecule has 1 atom stereocenters. The number of hydrogen-bond acceptors (Lipinski definition) is 3. The van der Waals surface area contributed by atoms with Crippen LogP contribution in [0.5, 0.6) is 0 Å². The molecule has 2 fully saturated rings. The van der Waals surface area contributed by atoms with Crippen LogP contribution in [0.3, 0.4) is 0 Å². The minimum Gasteiger partial charge on any atom is -0.375 e. The maximum Gasteiger partial charge on any atom is 0.417 e. The molecule has 2 aliphatic rings. The SMILES string of the molecule is COCC(=O)NCC1CN(C(=O)c2ccccc2C(F)(F)F)CC12CCCCC2. The van der Waals surface area contributed by atoms with E-state index in [1.807, 2.05) is 0 Å². The van der Waals surface area contributed by atoms with Crippen LogP contribution < -0.4 is 5.32 Å². The molecule has 1 aromatic rings. The molecule has 8 heteroatoms. The van der Waals surface area contributed by atoms with Crippen LogP contribution in [0.25, 0.3) is 0 Å². The predicted octanol–water partition coefficient (Wildman–Crippen LogP) is 3.49. The highest BCUT2D eigenvalue weighted by Gasteiger charge is 2.48. The van der Waals surface area contributed by atoms with Gasteiger partial charge in [0.25, 0.3) is 5.91 Å². The number of benzene rings is 1. The molecule has 29 heavy (non-hydrogen) atoms. The lowest BCUT2D eigenvalue weighted by molar-refractivity contribution is -0.138. The molecule has 0 aromatic heterocycles. The van der Waals surface area contributed by atoms with Gasteiger partial charge < -0.3 is 15.0 Å². The Bertz CT molecular complexity index is 745. The highest BCUT2D eigenvalue weighted by molar-refractivity contribution is 5.96. The Morgan fingerprint density at radius 2 is 1.90 bits per heavy atom. The third-order valence-electron chi connectivity index (χ3n) is 6.23. The number of hydrogen-bond donors (Lipinski definition) is 1. The van der Waals surface area contributed by atoms with E-state index in [-0.39, 0.29) is 29.4 Å². The Hall–Kier alpha value is -2.09. The Balaban J connectivity index is 1.80. The normalized spacial score (nSPS) is 21.4. The molecule has 1 spiro atoms. The molecule has 0 radical (unpaired) electrons. The van der Waals surface area contributed by atoms with Gasteiger partial charge in [0, 0.05) is 32.7 Å². The number of rotatable bonds is 5. The molecule has 2 amide bonds. The molecule has 1 aliphatic heterocycles. The fraction of sp³-hybridized carbons (Fsp3) is 0.619. The van der Waals surface area contributed by atoms with Crippen molar-refractivity contribution in [3.8, 4) is 0 Å². The number of alkyl halides is 3. The average Bonchev–Trinajstić information content (AvgIpc) is 3.03. The van der Waals surface area contributed by atoms with Crippen molar-refractivity contribution in [1.82, 2.24) is 10.2 Å². The zero-order chi connectivity index (χ0) is 21.1. The van der Waals surface area contributed by atoms with Crippen LogP contribution in [-0.4, -0.2) is 50.1 Å². The van der Waals surface area contributed by atoms with Gasteiger partial charge in [-0.1, -0.05) is 31.4 Å². The summed E-state index contributed by atoms with van der Waals surface area (Å²) in [7, 11) is 1.44. The molecule has 1 saturated heterocycles. The average molecular weight is 412 g/mol. The van der Waals surface area contributed by atoms with Crippen LogP contribution in [0.15, 0.2) is 24.3 Å². The van der Waals surface area contributed by atoms with E-state index in [1.165, 1.54) is 25.3 Å². The van der Waals surface area contributed by atoms with Crippen molar-refractivity contribution >= 4 is 11.8 Å². The van der Waals surface area contributed by atoms with E-state index in [9.17, 15) is 22.8 Å². The van der Waals surface area contributed by atoms with E-state index < -0.39 is 17.6 Å². The van der Waals surface area contributed by atoms with Gasteiger partial charge in [-0.15, -0.1) is 0 Å². The van der Waals surface area contributed by atoms with Gasteiger partial charge in [-0.3, -0.25) is 9.59 Å². The quantitative estimate of drug-likeness (QED) is 0.806. The predicted molar refractivity (Wildman–Crippen MR) is 101 cm³/mol. The largest absolute Gasteiger partial charge is 0.417 e. The number of likely N-dealkylation sites (tertiary alicyclic amines) is 1. The molecule has 1 unspecified atom stereocenters. The van der Waals surface area contributed by atoms with Gasteiger partial charge in [-0.05, 0) is 30.4 Å². The highest BCUT2D eigenvalue weighted by atomic mass is 19.4. The number of methoxy groups -OCH3 is 1. The van der Waals surface area contributed by atoms with E-state index in [0.717, 1.165) is 38.2 Å². The summed E-state index contributed by atoms with van der Waals surface area (Å²) in [6.07, 6.45) is 0.440. The number of amides is 2. The molecular weight excluding hydrogens is 385 g/mol. The molecule has 1 saturated carbocycles. The van der Waals surface area contributed by atoms with E-state index >= 15 is 0 Å². The van der Waals surface area contributed by atoms with Gasteiger partial charge in [0.1, 0.15) is 6.61 Å².